The second-order valence-electron chi connectivity index (χ2n) is 4.47. The SMILES string of the molecule is CCC(NC)c1ccc(OCc2nncn2C)cc1. The summed E-state index contributed by atoms with van der Waals surface area (Å²) in [6, 6.07) is 8.57. The Kier molecular flexibility index (Phi) is 4.52. The molecule has 0 saturated heterocycles. The lowest BCUT2D eigenvalue weighted by molar-refractivity contribution is 0.291. The van der Waals surface area contributed by atoms with Gasteiger partial charge in [0.05, 0.1) is 0 Å². The van der Waals surface area contributed by atoms with E-state index in [9.17, 15) is 0 Å². The van der Waals surface area contributed by atoms with Crippen LogP contribution < -0.4 is 10.1 Å². The zero-order valence-electron chi connectivity index (χ0n) is 11.6. The maximum absolute atomic E-state index is 5.69. The van der Waals surface area contributed by atoms with Gasteiger partial charge in [-0.05, 0) is 31.2 Å². The molecule has 0 bridgehead atoms. The molecule has 0 radical (unpaired) electrons. The van der Waals surface area contributed by atoms with Gasteiger partial charge in [-0.25, -0.2) is 0 Å². The lowest BCUT2D eigenvalue weighted by Gasteiger charge is -2.14. The molecule has 1 aromatic carbocycles. The fourth-order valence-corrected chi connectivity index (χ4v) is 1.99. The summed E-state index contributed by atoms with van der Waals surface area (Å²) in [4.78, 5) is 0. The van der Waals surface area contributed by atoms with E-state index >= 15 is 0 Å². The number of rotatable bonds is 6. The minimum Gasteiger partial charge on any atom is -0.486 e. The highest BCUT2D eigenvalue weighted by molar-refractivity contribution is 5.29. The van der Waals surface area contributed by atoms with E-state index in [1.807, 2.05) is 30.8 Å². The molecule has 0 aliphatic rings. The quantitative estimate of drug-likeness (QED) is 0.864. The lowest BCUT2D eigenvalue weighted by Crippen LogP contribution is -2.14. The van der Waals surface area contributed by atoms with Gasteiger partial charge in [0.1, 0.15) is 18.7 Å². The first kappa shape index (κ1) is 13.5. The second kappa shape index (κ2) is 6.33. The van der Waals surface area contributed by atoms with E-state index in [-0.39, 0.29) is 0 Å². The van der Waals surface area contributed by atoms with Gasteiger partial charge in [-0.1, -0.05) is 19.1 Å². The number of nitrogens with zero attached hydrogens (tertiary/aromatic N) is 3. The van der Waals surface area contributed by atoms with Gasteiger partial charge in [-0.2, -0.15) is 0 Å². The zero-order valence-corrected chi connectivity index (χ0v) is 11.6. The maximum Gasteiger partial charge on any atom is 0.170 e. The standard InChI is InChI=1S/C14H20N4O/c1-4-13(15-2)11-5-7-12(8-6-11)19-9-14-17-16-10-18(14)3/h5-8,10,13,15H,4,9H2,1-3H3. The molecule has 19 heavy (non-hydrogen) atoms. The summed E-state index contributed by atoms with van der Waals surface area (Å²) in [6.07, 6.45) is 2.73. The minimum absolute atomic E-state index is 0.396. The van der Waals surface area contributed by atoms with Gasteiger partial charge >= 0.3 is 0 Å². The lowest BCUT2D eigenvalue weighted by atomic mass is 10.1. The molecule has 5 heteroatoms. The van der Waals surface area contributed by atoms with Gasteiger partial charge in [0.15, 0.2) is 5.82 Å². The third-order valence-corrected chi connectivity index (χ3v) is 3.21. The maximum atomic E-state index is 5.69. The highest BCUT2D eigenvalue weighted by Gasteiger charge is 2.06. The van der Waals surface area contributed by atoms with Crippen LogP contribution in [0.1, 0.15) is 30.8 Å². The first-order valence-corrected chi connectivity index (χ1v) is 6.47. The van der Waals surface area contributed by atoms with Crippen LogP contribution in [0.4, 0.5) is 0 Å². The van der Waals surface area contributed by atoms with Crippen molar-refractivity contribution in [3.63, 3.8) is 0 Å². The summed E-state index contributed by atoms with van der Waals surface area (Å²) >= 11 is 0. The summed E-state index contributed by atoms with van der Waals surface area (Å²) in [6.45, 7) is 2.60. The van der Waals surface area contributed by atoms with E-state index in [1.54, 1.807) is 6.33 Å². The largest absolute Gasteiger partial charge is 0.486 e. The van der Waals surface area contributed by atoms with E-state index in [0.29, 0.717) is 12.6 Å². The molecule has 102 valence electrons. The topological polar surface area (TPSA) is 52.0 Å². The van der Waals surface area contributed by atoms with Crippen LogP contribution in [0, 0.1) is 0 Å². The average molecular weight is 260 g/mol. The number of ether oxygens (including phenoxy) is 1. The number of hydrogen-bond donors (Lipinski definition) is 1. The summed E-state index contributed by atoms with van der Waals surface area (Å²) in [7, 11) is 3.88. The number of aryl methyl sites for hydroxylation is 1. The zero-order chi connectivity index (χ0) is 13.7. The van der Waals surface area contributed by atoms with Gasteiger partial charge < -0.3 is 14.6 Å². The van der Waals surface area contributed by atoms with Crippen molar-refractivity contribution >= 4 is 0 Å². The summed E-state index contributed by atoms with van der Waals surface area (Å²) in [5.74, 6) is 1.66. The molecule has 1 heterocycles. The molecule has 0 amide bonds. The van der Waals surface area contributed by atoms with Crippen molar-refractivity contribution < 1.29 is 4.74 Å². The van der Waals surface area contributed by atoms with Gasteiger partial charge in [0.2, 0.25) is 0 Å². The number of nitrogens with one attached hydrogen (secondary N) is 1. The second-order valence-corrected chi connectivity index (χ2v) is 4.47. The van der Waals surface area contributed by atoms with Crippen molar-refractivity contribution in [2.45, 2.75) is 26.0 Å². The van der Waals surface area contributed by atoms with Crippen LogP contribution in [-0.2, 0) is 13.7 Å². The minimum atomic E-state index is 0.396. The van der Waals surface area contributed by atoms with Crippen molar-refractivity contribution in [1.29, 1.82) is 0 Å². The number of benzene rings is 1. The number of hydrogen-bond acceptors (Lipinski definition) is 4. The Morgan fingerprint density at radius 3 is 2.58 bits per heavy atom. The molecular formula is C14H20N4O. The fraction of sp³-hybridized carbons (Fsp3) is 0.429. The number of aromatic nitrogens is 3. The van der Waals surface area contributed by atoms with Gasteiger partial charge in [-0.3, -0.25) is 0 Å². The molecule has 2 rings (SSSR count). The van der Waals surface area contributed by atoms with Crippen LogP contribution in [0.25, 0.3) is 0 Å². The average Bonchev–Trinajstić information content (AvgIpc) is 2.85. The van der Waals surface area contributed by atoms with Crippen molar-refractivity contribution in [2.24, 2.45) is 7.05 Å². The monoisotopic (exact) mass is 260 g/mol. The van der Waals surface area contributed by atoms with Crippen LogP contribution in [0.5, 0.6) is 5.75 Å². The van der Waals surface area contributed by atoms with Crippen molar-refractivity contribution in [3.05, 3.63) is 42.0 Å². The predicted molar refractivity (Wildman–Crippen MR) is 73.9 cm³/mol. The van der Waals surface area contributed by atoms with Gasteiger partial charge in [0.25, 0.3) is 0 Å². The van der Waals surface area contributed by atoms with E-state index in [4.69, 9.17) is 4.74 Å². The van der Waals surface area contributed by atoms with E-state index in [1.165, 1.54) is 5.56 Å². The molecule has 0 aliphatic carbocycles. The van der Waals surface area contributed by atoms with Crippen LogP contribution in [0.2, 0.25) is 0 Å². The highest BCUT2D eigenvalue weighted by atomic mass is 16.5. The predicted octanol–water partition coefficient (Wildman–Crippen LogP) is 2.06. The summed E-state index contributed by atoms with van der Waals surface area (Å²) < 4.78 is 7.54. The van der Waals surface area contributed by atoms with Crippen LogP contribution in [-0.4, -0.2) is 21.8 Å². The highest BCUT2D eigenvalue weighted by Crippen LogP contribution is 2.20. The van der Waals surface area contributed by atoms with Crippen LogP contribution in [0.15, 0.2) is 30.6 Å². The normalized spacial score (nSPS) is 12.4. The molecule has 0 aliphatic heterocycles. The molecule has 2 aromatic rings. The van der Waals surface area contributed by atoms with Crippen LogP contribution in [0.3, 0.4) is 0 Å². The molecule has 5 nitrogen and oxygen atoms in total. The van der Waals surface area contributed by atoms with Crippen molar-refractivity contribution in [1.82, 2.24) is 20.1 Å². The fourth-order valence-electron chi connectivity index (χ4n) is 1.99. The van der Waals surface area contributed by atoms with E-state index < -0.39 is 0 Å². The Balaban J connectivity index is 1.97. The van der Waals surface area contributed by atoms with Gasteiger partial charge in [-0.15, -0.1) is 10.2 Å². The molecule has 0 fully saturated rings. The van der Waals surface area contributed by atoms with E-state index in [2.05, 4.69) is 34.6 Å². The Morgan fingerprint density at radius 2 is 2.05 bits per heavy atom. The molecule has 1 atom stereocenters. The van der Waals surface area contributed by atoms with E-state index in [0.717, 1.165) is 18.0 Å². The van der Waals surface area contributed by atoms with Crippen LogP contribution >= 0.6 is 0 Å². The molecule has 0 spiro atoms. The Morgan fingerprint density at radius 1 is 1.32 bits per heavy atom. The molecule has 0 saturated carbocycles. The van der Waals surface area contributed by atoms with Gasteiger partial charge in [0, 0.05) is 13.1 Å². The molecular weight excluding hydrogens is 240 g/mol. The molecule has 1 unspecified atom stereocenters. The Bertz CT molecular complexity index is 502. The van der Waals surface area contributed by atoms with Crippen molar-refractivity contribution in [2.75, 3.05) is 7.05 Å². The smallest absolute Gasteiger partial charge is 0.170 e. The van der Waals surface area contributed by atoms with Crippen molar-refractivity contribution in [3.8, 4) is 5.75 Å². The molecule has 1 N–H and O–H groups in total. The Hall–Kier alpha value is -1.88. The third kappa shape index (κ3) is 3.32. The first-order chi connectivity index (χ1) is 9.24. The summed E-state index contributed by atoms with van der Waals surface area (Å²) in [5.41, 5.74) is 1.27. The third-order valence-electron chi connectivity index (χ3n) is 3.21. The summed E-state index contributed by atoms with van der Waals surface area (Å²) in [5, 5.41) is 11.1. The molecule has 1 aromatic heterocycles. The first-order valence-electron chi connectivity index (χ1n) is 6.47. The Labute approximate surface area is 113 Å².